The normalized spacial score (nSPS) is 14.2. The molecule has 0 saturated carbocycles. The third-order valence-electron chi connectivity index (χ3n) is 5.40. The lowest BCUT2D eigenvalue weighted by Crippen LogP contribution is -2.50. The second-order valence-electron chi connectivity index (χ2n) is 7.98. The monoisotopic (exact) mass is 439 g/mol. The third kappa shape index (κ3) is 5.38. The molecule has 1 aliphatic rings. The van der Waals surface area contributed by atoms with E-state index in [-0.39, 0.29) is 11.8 Å². The lowest BCUT2D eigenvalue weighted by Gasteiger charge is -2.34. The molecule has 2 aromatic carbocycles. The Hall–Kier alpha value is -3.00. The van der Waals surface area contributed by atoms with Crippen LogP contribution in [0.25, 0.3) is 0 Å². The maximum absolute atomic E-state index is 13.1. The summed E-state index contributed by atoms with van der Waals surface area (Å²) in [5.41, 5.74) is 3.04. The zero-order valence-corrected chi connectivity index (χ0v) is 18.5. The maximum Gasteiger partial charge on any atom is 0.321 e. The van der Waals surface area contributed by atoms with E-state index in [1.54, 1.807) is 12.1 Å². The van der Waals surface area contributed by atoms with Gasteiger partial charge in [-0.25, -0.2) is 14.2 Å². The number of benzene rings is 2. The van der Waals surface area contributed by atoms with Crippen LogP contribution in [0.2, 0.25) is 0 Å². The fourth-order valence-electron chi connectivity index (χ4n) is 3.48. The van der Waals surface area contributed by atoms with Gasteiger partial charge >= 0.3 is 6.03 Å². The van der Waals surface area contributed by atoms with E-state index in [4.69, 9.17) is 0 Å². The SMILES string of the molecule is CC(C)c1ccc(NC(=O)N2CCN(c3nc(Cc4ccc(F)cc4)ns3)CC2)cc1. The number of aromatic nitrogens is 2. The topological polar surface area (TPSA) is 61.4 Å². The minimum atomic E-state index is -0.245. The molecular formula is C23H26FN5OS. The molecule has 4 rings (SSSR count). The van der Waals surface area contributed by atoms with E-state index in [9.17, 15) is 9.18 Å². The minimum Gasteiger partial charge on any atom is -0.343 e. The van der Waals surface area contributed by atoms with E-state index in [0.717, 1.165) is 22.2 Å². The minimum absolute atomic E-state index is 0.0776. The molecule has 1 N–H and O–H groups in total. The maximum atomic E-state index is 13.1. The molecule has 0 aliphatic carbocycles. The van der Waals surface area contributed by atoms with Crippen molar-refractivity contribution >= 4 is 28.4 Å². The molecule has 1 aromatic heterocycles. The van der Waals surface area contributed by atoms with Crippen molar-refractivity contribution in [2.75, 3.05) is 36.4 Å². The van der Waals surface area contributed by atoms with Gasteiger partial charge in [-0.05, 0) is 41.3 Å². The number of urea groups is 1. The van der Waals surface area contributed by atoms with Gasteiger partial charge in [-0.1, -0.05) is 38.1 Å². The van der Waals surface area contributed by atoms with Gasteiger partial charge in [-0.15, -0.1) is 0 Å². The lowest BCUT2D eigenvalue weighted by molar-refractivity contribution is 0.208. The van der Waals surface area contributed by atoms with Crippen LogP contribution < -0.4 is 10.2 Å². The Balaban J connectivity index is 1.28. The molecule has 8 heteroatoms. The van der Waals surface area contributed by atoms with Gasteiger partial charge in [0.15, 0.2) is 0 Å². The van der Waals surface area contributed by atoms with Crippen LogP contribution in [0.1, 0.15) is 36.7 Å². The van der Waals surface area contributed by atoms with E-state index in [0.29, 0.717) is 38.5 Å². The zero-order valence-electron chi connectivity index (χ0n) is 17.7. The summed E-state index contributed by atoms with van der Waals surface area (Å²) in [7, 11) is 0. The van der Waals surface area contributed by atoms with Crippen LogP contribution in [-0.4, -0.2) is 46.5 Å². The summed E-state index contributed by atoms with van der Waals surface area (Å²) in [5, 5.41) is 3.85. The van der Waals surface area contributed by atoms with Crippen molar-refractivity contribution in [2.24, 2.45) is 0 Å². The first-order valence-corrected chi connectivity index (χ1v) is 11.2. The van der Waals surface area contributed by atoms with Crippen molar-refractivity contribution in [3.05, 3.63) is 71.3 Å². The van der Waals surface area contributed by atoms with Gasteiger partial charge in [-0.3, -0.25) is 0 Å². The highest BCUT2D eigenvalue weighted by Gasteiger charge is 2.23. The number of hydrogen-bond acceptors (Lipinski definition) is 5. The molecule has 1 saturated heterocycles. The fraction of sp³-hybridized carbons (Fsp3) is 0.348. The second kappa shape index (κ2) is 9.43. The molecule has 0 atom stereocenters. The quantitative estimate of drug-likeness (QED) is 0.624. The van der Waals surface area contributed by atoms with Crippen LogP contribution in [0.4, 0.5) is 20.0 Å². The number of carbonyl (C=O) groups is 1. The van der Waals surface area contributed by atoms with Crippen LogP contribution in [0.5, 0.6) is 0 Å². The smallest absolute Gasteiger partial charge is 0.321 e. The second-order valence-corrected chi connectivity index (χ2v) is 8.71. The Morgan fingerprint density at radius 1 is 1.06 bits per heavy atom. The number of hydrogen-bond donors (Lipinski definition) is 1. The molecule has 31 heavy (non-hydrogen) atoms. The molecule has 0 spiro atoms. The molecule has 0 unspecified atom stereocenters. The van der Waals surface area contributed by atoms with E-state index < -0.39 is 0 Å². The van der Waals surface area contributed by atoms with Crippen LogP contribution in [-0.2, 0) is 6.42 Å². The van der Waals surface area contributed by atoms with Crippen molar-refractivity contribution in [1.82, 2.24) is 14.3 Å². The average Bonchev–Trinajstić information content (AvgIpc) is 3.24. The highest BCUT2D eigenvalue weighted by Crippen LogP contribution is 2.21. The molecule has 3 aromatic rings. The molecule has 6 nitrogen and oxygen atoms in total. The predicted molar refractivity (Wildman–Crippen MR) is 122 cm³/mol. The van der Waals surface area contributed by atoms with Crippen molar-refractivity contribution in [2.45, 2.75) is 26.2 Å². The molecule has 0 radical (unpaired) electrons. The molecule has 162 valence electrons. The molecule has 0 bridgehead atoms. The van der Waals surface area contributed by atoms with Gasteiger partial charge in [0.25, 0.3) is 0 Å². The van der Waals surface area contributed by atoms with Crippen LogP contribution in [0.3, 0.4) is 0 Å². The number of amides is 2. The average molecular weight is 440 g/mol. The molecule has 1 aliphatic heterocycles. The highest BCUT2D eigenvalue weighted by molar-refractivity contribution is 7.09. The molecular weight excluding hydrogens is 413 g/mol. The number of nitrogens with one attached hydrogen (secondary N) is 1. The van der Waals surface area contributed by atoms with Crippen molar-refractivity contribution in [1.29, 1.82) is 0 Å². The number of anilines is 2. The summed E-state index contributed by atoms with van der Waals surface area (Å²) in [6.45, 7) is 6.98. The Morgan fingerprint density at radius 3 is 2.39 bits per heavy atom. The van der Waals surface area contributed by atoms with Gasteiger partial charge in [0.2, 0.25) is 5.13 Å². The van der Waals surface area contributed by atoms with E-state index in [1.165, 1.54) is 29.2 Å². The number of piperazine rings is 1. The summed E-state index contributed by atoms with van der Waals surface area (Å²) in [6, 6.07) is 14.3. The van der Waals surface area contributed by atoms with Crippen LogP contribution in [0, 0.1) is 5.82 Å². The predicted octanol–water partition coefficient (Wildman–Crippen LogP) is 4.75. The molecule has 2 amide bonds. The zero-order chi connectivity index (χ0) is 21.8. The van der Waals surface area contributed by atoms with Crippen LogP contribution >= 0.6 is 11.5 Å². The Bertz CT molecular complexity index is 1010. The van der Waals surface area contributed by atoms with Crippen molar-refractivity contribution < 1.29 is 9.18 Å². The largest absolute Gasteiger partial charge is 0.343 e. The number of carbonyl (C=O) groups excluding carboxylic acids is 1. The van der Waals surface area contributed by atoms with E-state index in [2.05, 4.69) is 45.6 Å². The van der Waals surface area contributed by atoms with Gasteiger partial charge in [0.1, 0.15) is 11.6 Å². The summed E-state index contributed by atoms with van der Waals surface area (Å²) in [6.07, 6.45) is 0.578. The first-order chi connectivity index (χ1) is 15.0. The first-order valence-electron chi connectivity index (χ1n) is 10.5. The van der Waals surface area contributed by atoms with Gasteiger partial charge in [-0.2, -0.15) is 4.37 Å². The van der Waals surface area contributed by atoms with Gasteiger partial charge in [0, 0.05) is 49.8 Å². The third-order valence-corrected chi connectivity index (χ3v) is 6.21. The van der Waals surface area contributed by atoms with Crippen molar-refractivity contribution in [3.8, 4) is 0 Å². The number of halogens is 1. The van der Waals surface area contributed by atoms with Crippen molar-refractivity contribution in [3.63, 3.8) is 0 Å². The van der Waals surface area contributed by atoms with E-state index >= 15 is 0 Å². The number of rotatable bonds is 5. The Labute approximate surface area is 185 Å². The summed E-state index contributed by atoms with van der Waals surface area (Å²) in [5.74, 6) is 0.955. The molecule has 2 heterocycles. The summed E-state index contributed by atoms with van der Waals surface area (Å²) < 4.78 is 17.5. The van der Waals surface area contributed by atoms with Gasteiger partial charge in [0.05, 0.1) is 0 Å². The number of nitrogens with zero attached hydrogens (tertiary/aromatic N) is 4. The van der Waals surface area contributed by atoms with Gasteiger partial charge < -0.3 is 15.1 Å². The highest BCUT2D eigenvalue weighted by atomic mass is 32.1. The standard InChI is InChI=1S/C23H26FN5OS/c1-16(2)18-5-9-20(10-6-18)25-22(30)28-11-13-29(14-12-28)23-26-21(27-31-23)15-17-3-7-19(24)8-4-17/h3-10,16H,11-15H2,1-2H3,(H,25,30). The summed E-state index contributed by atoms with van der Waals surface area (Å²) in [4.78, 5) is 21.2. The Morgan fingerprint density at radius 2 is 1.74 bits per heavy atom. The first kappa shape index (κ1) is 21.2. The molecule has 1 fully saturated rings. The fourth-order valence-corrected chi connectivity index (χ4v) is 4.22. The lowest BCUT2D eigenvalue weighted by atomic mass is 10.0. The Kier molecular flexibility index (Phi) is 6.46. The summed E-state index contributed by atoms with van der Waals surface area (Å²) >= 11 is 1.37. The van der Waals surface area contributed by atoms with E-state index in [1.807, 2.05) is 17.0 Å². The van der Waals surface area contributed by atoms with Crippen LogP contribution in [0.15, 0.2) is 48.5 Å².